The molecular formula is C34H29BrNO2P. The van der Waals surface area contributed by atoms with E-state index >= 15 is 0 Å². The Hall–Kier alpha value is -3.72. The number of anilines is 3. The first-order chi connectivity index (χ1) is 18.9. The number of para-hydroxylation sites is 2. The van der Waals surface area contributed by atoms with Gasteiger partial charge < -0.3 is 9.46 Å². The first-order valence-corrected chi connectivity index (χ1v) is 15.9. The van der Waals surface area contributed by atoms with E-state index in [1.54, 1.807) is 6.66 Å². The summed E-state index contributed by atoms with van der Waals surface area (Å²) >= 11 is 3.44. The molecule has 0 aliphatic carbocycles. The summed E-state index contributed by atoms with van der Waals surface area (Å²) < 4.78 is 15.3. The second kappa shape index (κ2) is 12.0. The van der Waals surface area contributed by atoms with Crippen LogP contribution in [0.5, 0.6) is 0 Å². The summed E-state index contributed by atoms with van der Waals surface area (Å²) in [6, 6.07) is 45.5. The Labute approximate surface area is 238 Å². The fourth-order valence-corrected chi connectivity index (χ4v) is 7.50. The van der Waals surface area contributed by atoms with Gasteiger partial charge in [-0.1, -0.05) is 107 Å². The molecule has 3 nitrogen and oxygen atoms in total. The van der Waals surface area contributed by atoms with Crippen LogP contribution in [0, 0.1) is 0 Å². The third-order valence-corrected chi connectivity index (χ3v) is 10.5. The van der Waals surface area contributed by atoms with Crippen molar-refractivity contribution >= 4 is 51.2 Å². The SMILES string of the molecule is CP(=O)(c1ccccc1)[C@@H](CC(=O)c1ccc(Br)cc1)c1ccc(N(c2ccccc2)c2ccccc2)cc1. The fourth-order valence-electron chi connectivity index (χ4n) is 4.86. The van der Waals surface area contributed by atoms with Crippen LogP contribution < -0.4 is 10.2 Å². The van der Waals surface area contributed by atoms with Gasteiger partial charge in [-0.3, -0.25) is 4.79 Å². The first-order valence-electron chi connectivity index (χ1n) is 12.9. The van der Waals surface area contributed by atoms with Crippen LogP contribution in [0.1, 0.15) is 28.0 Å². The van der Waals surface area contributed by atoms with Gasteiger partial charge in [0.25, 0.3) is 0 Å². The van der Waals surface area contributed by atoms with Crippen LogP contribution in [0.4, 0.5) is 17.1 Å². The molecule has 5 aromatic rings. The predicted molar refractivity (Wildman–Crippen MR) is 167 cm³/mol. The second-order valence-corrected chi connectivity index (χ2v) is 13.6. The zero-order valence-corrected chi connectivity index (χ0v) is 24.1. The van der Waals surface area contributed by atoms with Gasteiger partial charge in [-0.25, -0.2) is 0 Å². The Morgan fingerprint density at radius 3 is 1.64 bits per heavy atom. The van der Waals surface area contributed by atoms with E-state index in [1.807, 2.05) is 103 Å². The first kappa shape index (κ1) is 26.9. The van der Waals surface area contributed by atoms with Crippen LogP contribution in [-0.2, 0) is 4.57 Å². The third-order valence-electron chi connectivity index (χ3n) is 6.97. The number of hydrogen-bond acceptors (Lipinski definition) is 3. The molecule has 0 aliphatic rings. The molecule has 39 heavy (non-hydrogen) atoms. The summed E-state index contributed by atoms with van der Waals surface area (Å²) in [5.41, 5.74) is 4.13. The number of carbonyl (C=O) groups excluding carboxylic acids is 1. The number of rotatable bonds is 9. The Morgan fingerprint density at radius 2 is 1.13 bits per heavy atom. The number of hydrogen-bond donors (Lipinski definition) is 0. The molecule has 2 atom stereocenters. The molecule has 0 saturated carbocycles. The van der Waals surface area contributed by atoms with Crippen molar-refractivity contribution in [2.45, 2.75) is 12.1 Å². The number of ketones is 1. The standard InChI is InChI=1S/C34H29BrNO2P/c1-39(38,32-15-9-4-10-16-32)34(25-33(37)26-17-21-28(35)22-18-26)27-19-23-31(24-20-27)36(29-11-5-2-6-12-29)30-13-7-3-8-14-30/h2-24,34H,25H2,1H3/t34-,39?/m0/s1. The molecule has 1 unspecified atom stereocenters. The Morgan fingerprint density at radius 1 is 0.667 bits per heavy atom. The highest BCUT2D eigenvalue weighted by Gasteiger charge is 2.33. The second-order valence-electron chi connectivity index (χ2n) is 9.57. The largest absolute Gasteiger partial charge is 0.318 e. The molecule has 0 bridgehead atoms. The maximum absolute atomic E-state index is 14.4. The van der Waals surface area contributed by atoms with Crippen molar-refractivity contribution < 1.29 is 9.36 Å². The van der Waals surface area contributed by atoms with Crippen LogP contribution in [0.25, 0.3) is 0 Å². The summed E-state index contributed by atoms with van der Waals surface area (Å²) in [7, 11) is -2.96. The summed E-state index contributed by atoms with van der Waals surface area (Å²) in [5.74, 6) is -0.0234. The van der Waals surface area contributed by atoms with Crippen molar-refractivity contribution in [3.63, 3.8) is 0 Å². The van der Waals surface area contributed by atoms with Crippen molar-refractivity contribution in [1.82, 2.24) is 0 Å². The average Bonchev–Trinajstić information content (AvgIpc) is 2.98. The van der Waals surface area contributed by atoms with Crippen LogP contribution in [-0.4, -0.2) is 12.4 Å². The van der Waals surface area contributed by atoms with Crippen LogP contribution in [0.2, 0.25) is 0 Å². The molecular weight excluding hydrogens is 565 g/mol. The minimum atomic E-state index is -2.96. The predicted octanol–water partition coefficient (Wildman–Crippen LogP) is 9.55. The smallest absolute Gasteiger partial charge is 0.163 e. The molecule has 0 radical (unpaired) electrons. The van der Waals surface area contributed by atoms with Gasteiger partial charge in [-0.2, -0.15) is 0 Å². The van der Waals surface area contributed by atoms with Gasteiger partial charge in [0.05, 0.1) is 0 Å². The average molecular weight is 594 g/mol. The molecule has 0 N–H and O–H groups in total. The number of benzene rings is 5. The molecule has 5 heteroatoms. The Balaban J connectivity index is 1.54. The van der Waals surface area contributed by atoms with E-state index in [2.05, 4.69) is 57.2 Å². The molecule has 5 rings (SSSR count). The summed E-state index contributed by atoms with van der Waals surface area (Å²) in [6.07, 6.45) is 0.157. The molecule has 0 fully saturated rings. The number of halogens is 1. The molecule has 0 heterocycles. The molecule has 194 valence electrons. The lowest BCUT2D eigenvalue weighted by Gasteiger charge is -2.28. The van der Waals surface area contributed by atoms with Gasteiger partial charge >= 0.3 is 0 Å². The van der Waals surface area contributed by atoms with Gasteiger partial charge in [0.1, 0.15) is 7.14 Å². The van der Waals surface area contributed by atoms with Gasteiger partial charge in [0.15, 0.2) is 5.78 Å². The molecule has 0 amide bonds. The molecule has 0 spiro atoms. The van der Waals surface area contributed by atoms with E-state index in [-0.39, 0.29) is 12.2 Å². The minimum absolute atomic E-state index is 0.0234. The highest BCUT2D eigenvalue weighted by Crippen LogP contribution is 2.57. The van der Waals surface area contributed by atoms with Crippen molar-refractivity contribution in [3.8, 4) is 0 Å². The summed E-state index contributed by atoms with van der Waals surface area (Å²) in [6.45, 7) is 1.80. The quantitative estimate of drug-likeness (QED) is 0.126. The maximum Gasteiger partial charge on any atom is 0.163 e. The maximum atomic E-state index is 14.4. The zero-order valence-electron chi connectivity index (χ0n) is 21.7. The van der Waals surface area contributed by atoms with Gasteiger partial charge in [0, 0.05) is 44.5 Å². The van der Waals surface area contributed by atoms with Crippen molar-refractivity contribution in [3.05, 3.63) is 155 Å². The van der Waals surface area contributed by atoms with E-state index in [0.717, 1.165) is 32.4 Å². The molecule has 0 aliphatic heterocycles. The van der Waals surface area contributed by atoms with Crippen LogP contribution in [0.15, 0.2) is 144 Å². The topological polar surface area (TPSA) is 37.4 Å². The van der Waals surface area contributed by atoms with Crippen molar-refractivity contribution in [2.24, 2.45) is 0 Å². The Kier molecular flexibility index (Phi) is 8.26. The molecule has 5 aromatic carbocycles. The molecule has 0 aromatic heterocycles. The van der Waals surface area contributed by atoms with Crippen LogP contribution >= 0.6 is 23.1 Å². The van der Waals surface area contributed by atoms with E-state index < -0.39 is 12.8 Å². The van der Waals surface area contributed by atoms with E-state index in [1.165, 1.54) is 0 Å². The van der Waals surface area contributed by atoms with E-state index in [4.69, 9.17) is 0 Å². The molecule has 0 saturated heterocycles. The minimum Gasteiger partial charge on any atom is -0.318 e. The highest BCUT2D eigenvalue weighted by atomic mass is 79.9. The Bertz CT molecular complexity index is 1530. The third kappa shape index (κ3) is 6.14. The normalized spacial score (nSPS) is 13.3. The van der Waals surface area contributed by atoms with Crippen molar-refractivity contribution in [2.75, 3.05) is 11.6 Å². The lowest BCUT2D eigenvalue weighted by Crippen LogP contribution is -2.15. The van der Waals surface area contributed by atoms with E-state index in [0.29, 0.717) is 5.56 Å². The lowest BCUT2D eigenvalue weighted by molar-refractivity contribution is 0.0981. The van der Waals surface area contributed by atoms with Gasteiger partial charge in [-0.15, -0.1) is 0 Å². The zero-order chi connectivity index (χ0) is 27.2. The van der Waals surface area contributed by atoms with Gasteiger partial charge in [-0.05, 0) is 60.8 Å². The number of Topliss-reactive ketones (excluding diaryl/α,β-unsaturated/α-hetero) is 1. The van der Waals surface area contributed by atoms with Gasteiger partial charge in [0.2, 0.25) is 0 Å². The fraction of sp³-hybridized carbons (Fsp3) is 0.0882. The summed E-state index contributed by atoms with van der Waals surface area (Å²) in [4.78, 5) is 15.6. The number of nitrogens with zero attached hydrogens (tertiary/aromatic N) is 1. The van der Waals surface area contributed by atoms with Crippen molar-refractivity contribution in [1.29, 1.82) is 0 Å². The highest BCUT2D eigenvalue weighted by molar-refractivity contribution is 9.10. The number of carbonyl (C=O) groups is 1. The van der Waals surface area contributed by atoms with E-state index in [9.17, 15) is 9.36 Å². The summed E-state index contributed by atoms with van der Waals surface area (Å²) in [5, 5.41) is 0.776. The monoisotopic (exact) mass is 593 g/mol. The van der Waals surface area contributed by atoms with Crippen LogP contribution in [0.3, 0.4) is 0 Å². The lowest BCUT2D eigenvalue weighted by atomic mass is 10.0.